The molecule has 0 saturated carbocycles. The van der Waals surface area contributed by atoms with Gasteiger partial charge in [-0.25, -0.2) is 0 Å². The van der Waals surface area contributed by atoms with E-state index in [9.17, 15) is 0 Å². The van der Waals surface area contributed by atoms with Gasteiger partial charge >= 0.3 is 0 Å². The molecule has 0 N–H and O–H groups in total. The van der Waals surface area contributed by atoms with Gasteiger partial charge in [-0.1, -0.05) is 146 Å². The van der Waals surface area contributed by atoms with Crippen LogP contribution < -0.4 is 4.90 Å². The number of benzene rings is 9. The summed E-state index contributed by atoms with van der Waals surface area (Å²) in [6.07, 6.45) is 0. The van der Waals surface area contributed by atoms with Crippen LogP contribution in [-0.4, -0.2) is 4.57 Å². The van der Waals surface area contributed by atoms with Crippen molar-refractivity contribution >= 4 is 71.2 Å². The molecule has 2 heteroatoms. The molecule has 50 heavy (non-hydrogen) atoms. The zero-order valence-electron chi connectivity index (χ0n) is 27.4. The van der Waals surface area contributed by atoms with E-state index < -0.39 is 0 Å². The fourth-order valence-corrected chi connectivity index (χ4v) is 7.91. The second-order valence-corrected chi connectivity index (χ2v) is 12.9. The monoisotopic (exact) mass is 636 g/mol. The lowest BCUT2D eigenvalue weighted by Gasteiger charge is -2.27. The van der Waals surface area contributed by atoms with Crippen LogP contribution in [0.4, 0.5) is 17.1 Å². The van der Waals surface area contributed by atoms with Crippen molar-refractivity contribution in [2.45, 2.75) is 0 Å². The van der Waals surface area contributed by atoms with Crippen molar-refractivity contribution < 1.29 is 0 Å². The van der Waals surface area contributed by atoms with Gasteiger partial charge in [0, 0.05) is 38.6 Å². The Bertz CT molecular complexity index is 2840. The van der Waals surface area contributed by atoms with Gasteiger partial charge in [-0.05, 0) is 81.2 Å². The third kappa shape index (κ3) is 4.43. The maximum Gasteiger partial charge on any atom is 0.0625 e. The molecule has 0 aliphatic carbocycles. The molecule has 0 aliphatic heterocycles. The lowest BCUT2D eigenvalue weighted by molar-refractivity contribution is 1.19. The highest BCUT2D eigenvalue weighted by molar-refractivity contribution is 6.32. The second kappa shape index (κ2) is 11.5. The molecule has 0 radical (unpaired) electrons. The first-order valence-corrected chi connectivity index (χ1v) is 17.2. The summed E-state index contributed by atoms with van der Waals surface area (Å²) in [4.78, 5) is 2.35. The summed E-state index contributed by atoms with van der Waals surface area (Å²) in [6, 6.07) is 70.3. The molecule has 0 unspecified atom stereocenters. The second-order valence-electron chi connectivity index (χ2n) is 12.9. The van der Waals surface area contributed by atoms with E-state index in [1.807, 2.05) is 0 Å². The highest BCUT2D eigenvalue weighted by Gasteiger charge is 2.19. The Kier molecular flexibility index (Phi) is 6.53. The van der Waals surface area contributed by atoms with E-state index in [1.165, 1.54) is 65.3 Å². The van der Waals surface area contributed by atoms with Crippen molar-refractivity contribution in [3.63, 3.8) is 0 Å². The maximum absolute atomic E-state index is 2.45. The van der Waals surface area contributed by atoms with Crippen LogP contribution in [0.15, 0.2) is 194 Å². The van der Waals surface area contributed by atoms with E-state index in [4.69, 9.17) is 0 Å². The fraction of sp³-hybridized carbons (Fsp3) is 0. The molecule has 10 rings (SSSR count). The highest BCUT2D eigenvalue weighted by atomic mass is 15.1. The highest BCUT2D eigenvalue weighted by Crippen LogP contribution is 2.43. The first-order chi connectivity index (χ1) is 24.8. The van der Waals surface area contributed by atoms with Gasteiger partial charge in [-0.2, -0.15) is 0 Å². The predicted molar refractivity (Wildman–Crippen MR) is 213 cm³/mol. The third-order valence-electron chi connectivity index (χ3n) is 10.1. The maximum atomic E-state index is 2.45. The molecule has 0 fully saturated rings. The van der Waals surface area contributed by atoms with Crippen LogP contribution in [0.25, 0.3) is 70.9 Å². The Labute approximate surface area is 290 Å². The van der Waals surface area contributed by atoms with E-state index in [-0.39, 0.29) is 0 Å². The van der Waals surface area contributed by atoms with Crippen molar-refractivity contribution in [3.05, 3.63) is 194 Å². The van der Waals surface area contributed by atoms with Gasteiger partial charge in [0.15, 0.2) is 0 Å². The van der Waals surface area contributed by atoms with Gasteiger partial charge in [-0.3, -0.25) is 0 Å². The molecule has 9 aromatic carbocycles. The fourth-order valence-electron chi connectivity index (χ4n) is 7.91. The molecule has 2 nitrogen and oxygen atoms in total. The van der Waals surface area contributed by atoms with Crippen LogP contribution in [0.1, 0.15) is 0 Å². The van der Waals surface area contributed by atoms with Crippen LogP contribution in [0.5, 0.6) is 0 Å². The quantitative estimate of drug-likeness (QED) is 0.171. The van der Waals surface area contributed by atoms with E-state index in [1.54, 1.807) is 0 Å². The van der Waals surface area contributed by atoms with Gasteiger partial charge in [0.05, 0.1) is 16.7 Å². The Balaban J connectivity index is 1.08. The minimum atomic E-state index is 1.12. The van der Waals surface area contributed by atoms with Crippen molar-refractivity contribution in [2.75, 3.05) is 4.90 Å². The molecule has 0 spiro atoms. The summed E-state index contributed by atoms with van der Waals surface area (Å²) in [7, 11) is 0. The lowest BCUT2D eigenvalue weighted by atomic mass is 9.97. The molecule has 0 saturated heterocycles. The number of nitrogens with zero attached hydrogens (tertiary/aromatic N) is 2. The number of para-hydroxylation sites is 2. The average Bonchev–Trinajstić information content (AvgIpc) is 3.55. The molecule has 0 aliphatic rings. The van der Waals surface area contributed by atoms with Gasteiger partial charge in [0.1, 0.15) is 0 Å². The lowest BCUT2D eigenvalue weighted by Crippen LogP contribution is -2.10. The molecule has 1 aromatic heterocycles. The minimum absolute atomic E-state index is 1.12. The van der Waals surface area contributed by atoms with Gasteiger partial charge < -0.3 is 9.47 Å². The van der Waals surface area contributed by atoms with Crippen LogP contribution in [-0.2, 0) is 0 Å². The first-order valence-electron chi connectivity index (χ1n) is 17.2. The molecule has 0 bridgehead atoms. The van der Waals surface area contributed by atoms with Gasteiger partial charge in [0.2, 0.25) is 0 Å². The summed E-state index contributed by atoms with van der Waals surface area (Å²) in [5.74, 6) is 0. The Morgan fingerprint density at radius 3 is 1.60 bits per heavy atom. The average molecular weight is 637 g/mol. The molecular weight excluding hydrogens is 605 g/mol. The molecule has 1 heterocycles. The molecule has 0 atom stereocenters. The zero-order valence-corrected chi connectivity index (χ0v) is 27.4. The summed E-state index contributed by atoms with van der Waals surface area (Å²) in [5.41, 5.74) is 9.42. The molecule has 0 amide bonds. The van der Waals surface area contributed by atoms with Gasteiger partial charge in [-0.15, -0.1) is 0 Å². The van der Waals surface area contributed by atoms with Crippen molar-refractivity contribution in [1.29, 1.82) is 0 Å². The van der Waals surface area contributed by atoms with Crippen LogP contribution >= 0.6 is 0 Å². The summed E-state index contributed by atoms with van der Waals surface area (Å²) < 4.78 is 2.45. The van der Waals surface area contributed by atoms with Crippen LogP contribution in [0.3, 0.4) is 0 Å². The smallest absolute Gasteiger partial charge is 0.0625 e. The number of aromatic nitrogens is 1. The number of rotatable bonds is 5. The van der Waals surface area contributed by atoms with E-state index in [0.29, 0.717) is 0 Å². The Hall–Kier alpha value is -6.64. The molecule has 10 aromatic rings. The summed E-state index contributed by atoms with van der Waals surface area (Å²) in [6.45, 7) is 0. The van der Waals surface area contributed by atoms with E-state index in [2.05, 4.69) is 204 Å². The minimum Gasteiger partial charge on any atom is -0.310 e. The van der Waals surface area contributed by atoms with Crippen molar-refractivity contribution in [2.24, 2.45) is 0 Å². The SMILES string of the molecule is c1ccc(N(c2ccc(-c3ccc(-n4c5ccccc5c5c6ccccc6c6ccccc6c54)cc3)cc2)c2cccc3ccccc23)cc1. The number of fused-ring (bicyclic) bond motifs is 9. The topological polar surface area (TPSA) is 8.17 Å². The number of hydrogen-bond acceptors (Lipinski definition) is 1. The number of hydrogen-bond donors (Lipinski definition) is 0. The van der Waals surface area contributed by atoms with E-state index in [0.717, 1.165) is 22.7 Å². The standard InChI is InChI=1S/C48H32N2/c1-2-15-36(16-3-1)49(45-24-12-14-35-13-4-5-17-39(35)45)37-29-25-33(26-30-37)34-27-31-38(32-28-34)50-46-23-11-10-22-44(46)47-42-20-8-6-18-40(42)41-19-7-9-21-43(41)48(47)50/h1-32H. The summed E-state index contributed by atoms with van der Waals surface area (Å²) in [5, 5.41) is 10.2. The Morgan fingerprint density at radius 2 is 0.860 bits per heavy atom. The van der Waals surface area contributed by atoms with Crippen LogP contribution in [0.2, 0.25) is 0 Å². The van der Waals surface area contributed by atoms with E-state index >= 15 is 0 Å². The first kappa shape index (κ1) is 28.4. The number of anilines is 3. The predicted octanol–water partition coefficient (Wildman–Crippen LogP) is 13.4. The third-order valence-corrected chi connectivity index (χ3v) is 10.1. The van der Waals surface area contributed by atoms with Crippen LogP contribution in [0, 0.1) is 0 Å². The molecular formula is C48H32N2. The van der Waals surface area contributed by atoms with Gasteiger partial charge in [0.25, 0.3) is 0 Å². The molecule has 234 valence electrons. The Morgan fingerprint density at radius 1 is 0.340 bits per heavy atom. The zero-order chi connectivity index (χ0) is 33.0. The normalized spacial score (nSPS) is 11.6. The van der Waals surface area contributed by atoms with Crippen molar-refractivity contribution in [3.8, 4) is 16.8 Å². The largest absolute Gasteiger partial charge is 0.310 e. The van der Waals surface area contributed by atoms with Crippen molar-refractivity contribution in [1.82, 2.24) is 4.57 Å². The summed E-state index contributed by atoms with van der Waals surface area (Å²) >= 11 is 0.